The number of hydrogen-bond acceptors (Lipinski definition) is 4. The van der Waals surface area contributed by atoms with Crippen LogP contribution in [-0.4, -0.2) is 49.8 Å². The molecule has 0 aliphatic carbocycles. The Morgan fingerprint density at radius 3 is 3.06 bits per heavy atom. The van der Waals surface area contributed by atoms with E-state index in [9.17, 15) is 4.79 Å². The summed E-state index contributed by atoms with van der Waals surface area (Å²) < 4.78 is 4.94. The summed E-state index contributed by atoms with van der Waals surface area (Å²) in [6, 6.07) is 1.83. The fourth-order valence-corrected chi connectivity index (χ4v) is 2.13. The van der Waals surface area contributed by atoms with Crippen LogP contribution in [0.2, 0.25) is 0 Å². The highest BCUT2D eigenvalue weighted by atomic mass is 32.1. The molecule has 0 atom stereocenters. The molecule has 0 bridgehead atoms. The third-order valence-electron chi connectivity index (χ3n) is 2.30. The second-order valence-corrected chi connectivity index (χ2v) is 4.57. The zero-order valence-corrected chi connectivity index (χ0v) is 11.4. The van der Waals surface area contributed by atoms with E-state index in [1.165, 1.54) is 11.3 Å². The zero-order valence-electron chi connectivity index (χ0n) is 10.6. The van der Waals surface area contributed by atoms with Crippen LogP contribution in [0.15, 0.2) is 11.4 Å². The molecular weight excluding hydrogens is 250 g/mol. The predicted molar refractivity (Wildman–Crippen MR) is 71.7 cm³/mol. The van der Waals surface area contributed by atoms with Gasteiger partial charge in [-0.1, -0.05) is 11.8 Å². The van der Waals surface area contributed by atoms with Crippen LogP contribution < -0.4 is 0 Å². The van der Waals surface area contributed by atoms with Gasteiger partial charge in [-0.3, -0.25) is 4.79 Å². The molecule has 0 saturated heterocycles. The number of rotatable bonds is 5. The van der Waals surface area contributed by atoms with Crippen molar-refractivity contribution in [3.8, 4) is 11.8 Å². The van der Waals surface area contributed by atoms with Crippen LogP contribution in [0.5, 0.6) is 0 Å². The van der Waals surface area contributed by atoms with Gasteiger partial charge in [0.15, 0.2) is 0 Å². The van der Waals surface area contributed by atoms with E-state index in [2.05, 4.69) is 11.8 Å². The Morgan fingerprint density at radius 1 is 1.61 bits per heavy atom. The predicted octanol–water partition coefficient (Wildman–Crippen LogP) is 1.20. The van der Waals surface area contributed by atoms with E-state index in [1.54, 1.807) is 19.1 Å². The average Bonchev–Trinajstić information content (AvgIpc) is 2.83. The molecule has 0 aliphatic rings. The Kier molecular flexibility index (Phi) is 6.44. The van der Waals surface area contributed by atoms with Crippen LogP contribution in [0.3, 0.4) is 0 Å². The molecule has 0 fully saturated rings. The topological polar surface area (TPSA) is 49.8 Å². The van der Waals surface area contributed by atoms with Gasteiger partial charge in [0.25, 0.3) is 5.91 Å². The summed E-state index contributed by atoms with van der Waals surface area (Å²) in [6.45, 7) is 1.10. The van der Waals surface area contributed by atoms with Gasteiger partial charge < -0.3 is 14.7 Å². The van der Waals surface area contributed by atoms with Crippen LogP contribution in [0.25, 0.3) is 0 Å². The highest BCUT2D eigenvalue weighted by molar-refractivity contribution is 7.12. The first-order valence-electron chi connectivity index (χ1n) is 5.62. The van der Waals surface area contributed by atoms with E-state index < -0.39 is 0 Å². The molecule has 18 heavy (non-hydrogen) atoms. The molecule has 98 valence electrons. The van der Waals surface area contributed by atoms with Gasteiger partial charge in [0.2, 0.25) is 0 Å². The average molecular weight is 267 g/mol. The molecule has 1 heterocycles. The van der Waals surface area contributed by atoms with Crippen molar-refractivity contribution in [2.75, 3.05) is 33.9 Å². The lowest BCUT2D eigenvalue weighted by molar-refractivity contribution is 0.0748. The van der Waals surface area contributed by atoms with Crippen LogP contribution in [0, 0.1) is 11.8 Å². The molecule has 1 rings (SSSR count). The van der Waals surface area contributed by atoms with Gasteiger partial charge in [0.05, 0.1) is 13.2 Å². The Bertz CT molecular complexity index is 445. The summed E-state index contributed by atoms with van der Waals surface area (Å²) in [6.07, 6.45) is 0.420. The van der Waals surface area contributed by atoms with Crippen LogP contribution in [0.1, 0.15) is 21.7 Å². The van der Waals surface area contributed by atoms with E-state index in [0.29, 0.717) is 24.4 Å². The van der Waals surface area contributed by atoms with Crippen molar-refractivity contribution in [3.63, 3.8) is 0 Å². The number of nitrogens with zero attached hydrogens (tertiary/aromatic N) is 1. The van der Waals surface area contributed by atoms with E-state index >= 15 is 0 Å². The van der Waals surface area contributed by atoms with Gasteiger partial charge in [0, 0.05) is 32.7 Å². The lowest BCUT2D eigenvalue weighted by atomic mass is 10.2. The maximum Gasteiger partial charge on any atom is 0.265 e. The third-order valence-corrected chi connectivity index (χ3v) is 3.20. The molecule has 1 N–H and O–H groups in total. The fraction of sp³-hybridized carbons (Fsp3) is 0.462. The Labute approximate surface area is 111 Å². The molecule has 0 saturated carbocycles. The Balaban J connectivity index is 2.75. The smallest absolute Gasteiger partial charge is 0.265 e. The molecule has 4 nitrogen and oxygen atoms in total. The van der Waals surface area contributed by atoms with Gasteiger partial charge in [-0.25, -0.2) is 0 Å². The van der Waals surface area contributed by atoms with Crippen LogP contribution in [0.4, 0.5) is 0 Å². The SMILES string of the molecule is COCCN(C)C(=O)c1sccc1C#CCCO. The van der Waals surface area contributed by atoms with Crippen molar-refractivity contribution in [2.24, 2.45) is 0 Å². The summed E-state index contributed by atoms with van der Waals surface area (Å²) in [5.41, 5.74) is 0.725. The molecule has 0 radical (unpaired) electrons. The largest absolute Gasteiger partial charge is 0.395 e. The number of likely N-dealkylation sites (N-methyl/N-ethyl adjacent to an activating group) is 1. The van der Waals surface area contributed by atoms with Crippen molar-refractivity contribution < 1.29 is 14.6 Å². The molecule has 1 aromatic heterocycles. The third kappa shape index (κ3) is 4.15. The van der Waals surface area contributed by atoms with E-state index in [4.69, 9.17) is 9.84 Å². The first-order valence-corrected chi connectivity index (χ1v) is 6.50. The highest BCUT2D eigenvalue weighted by Crippen LogP contribution is 2.17. The molecule has 0 unspecified atom stereocenters. The molecule has 5 heteroatoms. The van der Waals surface area contributed by atoms with Gasteiger partial charge >= 0.3 is 0 Å². The summed E-state index contributed by atoms with van der Waals surface area (Å²) in [5.74, 6) is 5.69. The maximum absolute atomic E-state index is 12.1. The molecule has 0 aliphatic heterocycles. The highest BCUT2D eigenvalue weighted by Gasteiger charge is 2.16. The second kappa shape index (κ2) is 7.88. The minimum Gasteiger partial charge on any atom is -0.395 e. The lowest BCUT2D eigenvalue weighted by Crippen LogP contribution is -2.29. The minimum absolute atomic E-state index is 0.0359. The summed E-state index contributed by atoms with van der Waals surface area (Å²) in [4.78, 5) is 14.4. The van der Waals surface area contributed by atoms with Crippen molar-refractivity contribution in [1.29, 1.82) is 0 Å². The van der Waals surface area contributed by atoms with Crippen molar-refractivity contribution >= 4 is 17.2 Å². The quantitative estimate of drug-likeness (QED) is 0.816. The molecule has 0 spiro atoms. The van der Waals surface area contributed by atoms with Crippen LogP contribution >= 0.6 is 11.3 Å². The zero-order chi connectivity index (χ0) is 13.4. The number of carbonyl (C=O) groups is 1. The Morgan fingerprint density at radius 2 is 2.39 bits per heavy atom. The van der Waals surface area contributed by atoms with Crippen molar-refractivity contribution in [2.45, 2.75) is 6.42 Å². The minimum atomic E-state index is -0.0460. The molecule has 1 amide bonds. The first-order chi connectivity index (χ1) is 8.70. The maximum atomic E-state index is 12.1. The van der Waals surface area contributed by atoms with Crippen molar-refractivity contribution in [3.05, 3.63) is 21.9 Å². The van der Waals surface area contributed by atoms with Gasteiger partial charge in [-0.15, -0.1) is 11.3 Å². The van der Waals surface area contributed by atoms with Gasteiger partial charge in [0.1, 0.15) is 4.88 Å². The summed E-state index contributed by atoms with van der Waals surface area (Å²) >= 11 is 1.38. The van der Waals surface area contributed by atoms with Gasteiger partial charge in [-0.2, -0.15) is 0 Å². The summed E-state index contributed by atoms with van der Waals surface area (Å²) in [7, 11) is 3.35. The molecule has 0 aromatic carbocycles. The normalized spacial score (nSPS) is 9.72. The second-order valence-electron chi connectivity index (χ2n) is 3.66. The van der Waals surface area contributed by atoms with Gasteiger partial charge in [-0.05, 0) is 11.4 Å². The molecular formula is C13H17NO3S. The molecule has 1 aromatic rings. The number of ether oxygens (including phenoxy) is 1. The number of aliphatic hydroxyl groups is 1. The standard InChI is InChI=1S/C13H17NO3S/c1-14(7-9-17-2)13(16)12-11(6-10-18-12)5-3-4-8-15/h6,10,15H,4,7-9H2,1-2H3. The number of hydrogen-bond donors (Lipinski definition) is 1. The first kappa shape index (κ1) is 14.7. The number of aliphatic hydroxyl groups excluding tert-OH is 1. The monoisotopic (exact) mass is 267 g/mol. The number of amides is 1. The lowest BCUT2D eigenvalue weighted by Gasteiger charge is -2.15. The van der Waals surface area contributed by atoms with Crippen LogP contribution in [-0.2, 0) is 4.74 Å². The van der Waals surface area contributed by atoms with E-state index in [1.807, 2.05) is 11.4 Å². The Hall–Kier alpha value is -1.35. The number of carbonyl (C=O) groups excluding carboxylic acids is 1. The summed E-state index contributed by atoms with van der Waals surface area (Å²) in [5, 5.41) is 10.5. The van der Waals surface area contributed by atoms with Crippen molar-refractivity contribution in [1.82, 2.24) is 4.90 Å². The van der Waals surface area contributed by atoms with E-state index in [-0.39, 0.29) is 12.5 Å². The number of methoxy groups -OCH3 is 1. The fourth-order valence-electron chi connectivity index (χ4n) is 1.29. The number of thiophene rings is 1. The van der Waals surface area contributed by atoms with E-state index in [0.717, 1.165) is 5.56 Å².